The number of fused-ring (bicyclic) bond motifs is 2. The molecule has 0 spiro atoms. The van der Waals surface area contributed by atoms with Gasteiger partial charge in [0.1, 0.15) is 0 Å². The molecule has 3 heterocycles. The van der Waals surface area contributed by atoms with Crippen LogP contribution in [0.1, 0.15) is 42.4 Å². The Hall–Kier alpha value is -2.34. The molecule has 0 aliphatic carbocycles. The van der Waals surface area contributed by atoms with Crippen LogP contribution >= 0.6 is 0 Å². The Labute approximate surface area is 162 Å². The number of nitrogens with zero attached hydrogens (tertiary/aromatic N) is 2. The highest BCUT2D eigenvalue weighted by atomic mass is 19.4. The molecule has 28 heavy (non-hydrogen) atoms. The number of hydrogen-bond acceptors (Lipinski definition) is 3. The predicted octanol–water partition coefficient (Wildman–Crippen LogP) is 5.32. The maximum atomic E-state index is 13.2. The van der Waals surface area contributed by atoms with Crippen LogP contribution in [0.25, 0.3) is 5.57 Å². The van der Waals surface area contributed by atoms with E-state index in [1.54, 1.807) is 0 Å². The molecule has 2 aliphatic heterocycles. The molecular weight excluding hydrogens is 365 g/mol. The van der Waals surface area contributed by atoms with Gasteiger partial charge in [-0.15, -0.1) is 0 Å². The van der Waals surface area contributed by atoms with Gasteiger partial charge in [0.2, 0.25) is 5.88 Å². The maximum absolute atomic E-state index is 13.2. The number of ether oxygens (including phenoxy) is 1. The van der Waals surface area contributed by atoms with E-state index in [9.17, 15) is 13.2 Å². The third kappa shape index (κ3) is 3.78. The number of benzene rings is 1. The summed E-state index contributed by atoms with van der Waals surface area (Å²) in [4.78, 5) is 6.40. The highest BCUT2D eigenvalue weighted by Crippen LogP contribution is 2.41. The van der Waals surface area contributed by atoms with Gasteiger partial charge in [-0.1, -0.05) is 42.8 Å². The molecule has 2 atom stereocenters. The van der Waals surface area contributed by atoms with Gasteiger partial charge in [-0.2, -0.15) is 13.2 Å². The van der Waals surface area contributed by atoms with Crippen molar-refractivity contribution in [2.45, 2.75) is 50.5 Å². The average Bonchev–Trinajstić information content (AvgIpc) is 2.67. The zero-order chi connectivity index (χ0) is 19.7. The summed E-state index contributed by atoms with van der Waals surface area (Å²) in [6.07, 6.45) is 2.47. The number of hydrogen-bond donors (Lipinski definition) is 0. The molecule has 2 aromatic rings. The summed E-state index contributed by atoms with van der Waals surface area (Å²) >= 11 is 0. The van der Waals surface area contributed by atoms with Crippen LogP contribution in [0.4, 0.5) is 13.2 Å². The van der Waals surface area contributed by atoms with Crippen molar-refractivity contribution in [2.24, 2.45) is 0 Å². The fourth-order valence-electron chi connectivity index (χ4n) is 4.36. The number of piperidine rings is 1. The molecule has 0 radical (unpaired) electrons. The lowest BCUT2D eigenvalue weighted by Gasteiger charge is -2.45. The molecule has 1 fully saturated rings. The van der Waals surface area contributed by atoms with Crippen LogP contribution < -0.4 is 4.74 Å². The predicted molar refractivity (Wildman–Crippen MR) is 102 cm³/mol. The second-order valence-corrected chi connectivity index (χ2v) is 7.48. The van der Waals surface area contributed by atoms with Gasteiger partial charge in [-0.3, -0.25) is 4.90 Å². The quantitative estimate of drug-likeness (QED) is 0.709. The van der Waals surface area contributed by atoms with E-state index in [-0.39, 0.29) is 11.9 Å². The SMILES string of the molecule is COc1ncc(C(F)(F)F)cc1C1=CC2CCCC(C1)N2Cc1ccccc1. The lowest BCUT2D eigenvalue weighted by molar-refractivity contribution is -0.137. The number of pyridine rings is 1. The summed E-state index contributed by atoms with van der Waals surface area (Å²) in [5.74, 6) is 0.258. The van der Waals surface area contributed by atoms with E-state index in [0.29, 0.717) is 18.0 Å². The van der Waals surface area contributed by atoms with E-state index in [1.807, 2.05) is 18.2 Å². The summed E-state index contributed by atoms with van der Waals surface area (Å²) in [5.41, 5.74) is 1.90. The highest BCUT2D eigenvalue weighted by molar-refractivity contribution is 5.71. The molecule has 2 bridgehead atoms. The standard InChI is InChI=1S/C22H23F3N2O/c1-28-21-20(12-17(13-26-21)22(23,24)25)16-10-18-8-5-9-19(11-16)27(18)14-15-6-3-2-4-7-15/h2-4,6-7,10,12-13,18-19H,5,8-9,11,14H2,1H3. The van der Waals surface area contributed by atoms with Crippen molar-refractivity contribution in [1.29, 1.82) is 0 Å². The number of methoxy groups -OCH3 is 1. The van der Waals surface area contributed by atoms with E-state index < -0.39 is 11.7 Å². The second kappa shape index (κ2) is 7.59. The van der Waals surface area contributed by atoms with Gasteiger partial charge < -0.3 is 4.74 Å². The molecule has 3 nitrogen and oxygen atoms in total. The van der Waals surface area contributed by atoms with Crippen molar-refractivity contribution >= 4 is 5.57 Å². The summed E-state index contributed by atoms with van der Waals surface area (Å²) in [6, 6.07) is 12.0. The lowest BCUT2D eigenvalue weighted by atomic mass is 9.82. The molecule has 0 amide bonds. The number of alkyl halides is 3. The van der Waals surface area contributed by atoms with Gasteiger partial charge >= 0.3 is 6.18 Å². The van der Waals surface area contributed by atoms with E-state index in [0.717, 1.165) is 37.6 Å². The normalized spacial score (nSPS) is 22.6. The Morgan fingerprint density at radius 3 is 2.64 bits per heavy atom. The van der Waals surface area contributed by atoms with E-state index in [2.05, 4.69) is 28.1 Å². The number of halogens is 3. The summed E-state index contributed by atoms with van der Waals surface area (Å²) in [5, 5.41) is 0. The average molecular weight is 388 g/mol. The second-order valence-electron chi connectivity index (χ2n) is 7.48. The van der Waals surface area contributed by atoms with Crippen molar-refractivity contribution in [3.05, 3.63) is 65.4 Å². The van der Waals surface area contributed by atoms with E-state index in [1.165, 1.54) is 18.7 Å². The zero-order valence-electron chi connectivity index (χ0n) is 15.7. The molecule has 0 N–H and O–H groups in total. The van der Waals surface area contributed by atoms with Crippen molar-refractivity contribution in [3.8, 4) is 5.88 Å². The largest absolute Gasteiger partial charge is 0.481 e. The van der Waals surface area contributed by atoms with Crippen LogP contribution in [-0.4, -0.2) is 29.1 Å². The van der Waals surface area contributed by atoms with E-state index in [4.69, 9.17) is 4.74 Å². The smallest absolute Gasteiger partial charge is 0.417 e. The fourth-order valence-corrected chi connectivity index (χ4v) is 4.36. The molecule has 2 aliphatic rings. The topological polar surface area (TPSA) is 25.4 Å². The first kappa shape index (κ1) is 19.0. The lowest BCUT2D eigenvalue weighted by Crippen LogP contribution is -2.47. The first-order chi connectivity index (χ1) is 13.5. The van der Waals surface area contributed by atoms with Gasteiger partial charge in [0.15, 0.2) is 0 Å². The third-order valence-corrected chi connectivity index (χ3v) is 5.71. The minimum absolute atomic E-state index is 0.224. The minimum atomic E-state index is -4.42. The first-order valence-corrected chi connectivity index (χ1v) is 9.57. The molecule has 1 saturated heterocycles. The Morgan fingerprint density at radius 2 is 1.96 bits per heavy atom. The van der Waals surface area contributed by atoms with Gasteiger partial charge in [-0.25, -0.2) is 4.98 Å². The molecule has 4 rings (SSSR count). The van der Waals surface area contributed by atoms with Gasteiger partial charge in [0.25, 0.3) is 0 Å². The minimum Gasteiger partial charge on any atom is -0.481 e. The Kier molecular flexibility index (Phi) is 5.15. The summed E-state index contributed by atoms with van der Waals surface area (Å²) < 4.78 is 44.9. The van der Waals surface area contributed by atoms with Crippen LogP contribution in [0.3, 0.4) is 0 Å². The summed E-state index contributed by atoms with van der Waals surface area (Å²) in [6.45, 7) is 0.859. The number of rotatable bonds is 4. The van der Waals surface area contributed by atoms with Crippen LogP contribution in [0, 0.1) is 0 Å². The highest BCUT2D eigenvalue weighted by Gasteiger charge is 2.36. The summed E-state index contributed by atoms with van der Waals surface area (Å²) in [7, 11) is 1.45. The van der Waals surface area contributed by atoms with Crippen molar-refractivity contribution < 1.29 is 17.9 Å². The Balaban J connectivity index is 1.67. The van der Waals surface area contributed by atoms with E-state index >= 15 is 0 Å². The first-order valence-electron chi connectivity index (χ1n) is 9.57. The number of aromatic nitrogens is 1. The third-order valence-electron chi connectivity index (χ3n) is 5.71. The molecule has 1 aromatic heterocycles. The maximum Gasteiger partial charge on any atom is 0.417 e. The molecule has 1 aromatic carbocycles. The Bertz CT molecular complexity index is 864. The van der Waals surface area contributed by atoms with Crippen molar-refractivity contribution in [1.82, 2.24) is 9.88 Å². The molecule has 6 heteroatoms. The Morgan fingerprint density at radius 1 is 1.18 bits per heavy atom. The fraction of sp³-hybridized carbons (Fsp3) is 0.409. The zero-order valence-corrected chi connectivity index (χ0v) is 15.7. The monoisotopic (exact) mass is 388 g/mol. The van der Waals surface area contributed by atoms with Crippen molar-refractivity contribution in [2.75, 3.05) is 7.11 Å². The van der Waals surface area contributed by atoms with Crippen LogP contribution in [0.5, 0.6) is 5.88 Å². The molecular formula is C22H23F3N2O. The van der Waals surface area contributed by atoms with Crippen LogP contribution in [-0.2, 0) is 12.7 Å². The van der Waals surface area contributed by atoms with Crippen LogP contribution in [0.2, 0.25) is 0 Å². The molecule has 148 valence electrons. The molecule has 0 saturated carbocycles. The molecule has 2 unspecified atom stereocenters. The van der Waals surface area contributed by atoms with Crippen molar-refractivity contribution in [3.63, 3.8) is 0 Å². The van der Waals surface area contributed by atoms with Gasteiger partial charge in [0.05, 0.1) is 12.7 Å². The van der Waals surface area contributed by atoms with Crippen LogP contribution in [0.15, 0.2) is 48.7 Å². The van der Waals surface area contributed by atoms with Gasteiger partial charge in [-0.05, 0) is 36.5 Å². The van der Waals surface area contributed by atoms with Gasteiger partial charge in [0, 0.05) is 30.4 Å².